The molecule has 0 bridgehead atoms. The first kappa shape index (κ1) is 18.8. The van der Waals surface area contributed by atoms with E-state index >= 15 is 0 Å². The zero-order chi connectivity index (χ0) is 19.2. The summed E-state index contributed by atoms with van der Waals surface area (Å²) in [5, 5.41) is 7.28. The monoisotopic (exact) mass is 372 g/mol. The number of para-hydroxylation sites is 2. The summed E-state index contributed by atoms with van der Waals surface area (Å²) in [6, 6.07) is 7.34. The molecule has 1 atom stereocenters. The third kappa shape index (κ3) is 4.39. The van der Waals surface area contributed by atoms with Gasteiger partial charge in [-0.15, -0.1) is 0 Å². The van der Waals surface area contributed by atoms with E-state index in [2.05, 4.69) is 10.4 Å². The fourth-order valence-electron chi connectivity index (χ4n) is 3.21. The van der Waals surface area contributed by atoms with E-state index in [1.54, 1.807) is 22.9 Å². The van der Waals surface area contributed by atoms with E-state index in [0.717, 1.165) is 24.9 Å². The molecule has 0 spiro atoms. The van der Waals surface area contributed by atoms with Crippen molar-refractivity contribution >= 4 is 12.0 Å². The first-order valence-electron chi connectivity index (χ1n) is 8.94. The number of likely N-dealkylation sites (tertiary alicyclic amines) is 1. The number of carbonyl (C=O) groups excluding carboxylic acids is 2. The van der Waals surface area contributed by atoms with Gasteiger partial charge in [-0.25, -0.2) is 9.48 Å². The molecule has 3 rings (SSSR count). The minimum atomic E-state index is -0.361. The molecule has 1 aliphatic heterocycles. The van der Waals surface area contributed by atoms with Gasteiger partial charge in [-0.1, -0.05) is 12.1 Å². The zero-order valence-electron chi connectivity index (χ0n) is 15.6. The molecule has 1 unspecified atom stereocenters. The maximum Gasteiger partial charge on any atom is 0.409 e. The molecule has 1 aromatic heterocycles. The van der Waals surface area contributed by atoms with Crippen LogP contribution in [0, 0.1) is 0 Å². The van der Waals surface area contributed by atoms with Crippen molar-refractivity contribution in [3.8, 4) is 11.4 Å². The summed E-state index contributed by atoms with van der Waals surface area (Å²) < 4.78 is 11.8. The summed E-state index contributed by atoms with van der Waals surface area (Å²) in [4.78, 5) is 26.1. The molecule has 1 N–H and O–H groups in total. The lowest BCUT2D eigenvalue weighted by atomic mass is 10.1. The summed E-state index contributed by atoms with van der Waals surface area (Å²) in [5.74, 6) is 0.456. The number of nitrogens with one attached hydrogen (secondary N) is 1. The molecule has 8 heteroatoms. The number of benzene rings is 1. The maximum atomic E-state index is 12.6. The molecule has 144 valence electrons. The number of ether oxygens (including phenoxy) is 2. The highest BCUT2D eigenvalue weighted by molar-refractivity contribution is 5.94. The van der Waals surface area contributed by atoms with E-state index in [1.807, 2.05) is 24.3 Å². The predicted molar refractivity (Wildman–Crippen MR) is 99.2 cm³/mol. The molecule has 2 aromatic rings. The molecule has 0 radical (unpaired) electrons. The van der Waals surface area contributed by atoms with Crippen LogP contribution in [0.3, 0.4) is 0 Å². The van der Waals surface area contributed by atoms with Crippen LogP contribution < -0.4 is 10.1 Å². The first-order valence-corrected chi connectivity index (χ1v) is 8.94. The minimum absolute atomic E-state index is 0.117. The normalized spacial score (nSPS) is 17.1. The molecular formula is C19H24N4O4. The van der Waals surface area contributed by atoms with E-state index in [0.29, 0.717) is 24.4 Å². The van der Waals surface area contributed by atoms with Gasteiger partial charge in [-0.2, -0.15) is 5.10 Å². The van der Waals surface area contributed by atoms with Crippen LogP contribution in [0.4, 0.5) is 4.79 Å². The number of nitrogens with zero attached hydrogens (tertiary/aromatic N) is 3. The van der Waals surface area contributed by atoms with Crippen LogP contribution in [0.2, 0.25) is 0 Å². The van der Waals surface area contributed by atoms with Crippen LogP contribution in [0.15, 0.2) is 36.7 Å². The Bertz CT molecular complexity index is 805. The third-order valence-electron chi connectivity index (χ3n) is 4.62. The van der Waals surface area contributed by atoms with E-state index in [9.17, 15) is 9.59 Å². The topological polar surface area (TPSA) is 85.7 Å². The lowest BCUT2D eigenvalue weighted by molar-refractivity contribution is 0.0913. The number of hydrogen-bond donors (Lipinski definition) is 1. The molecule has 1 aromatic carbocycles. The summed E-state index contributed by atoms with van der Waals surface area (Å²) in [7, 11) is 2.96. The number of amides is 2. The SMILES string of the molecule is COC(=O)N1CCCCC(NC(=O)c2cnn(-c3ccccc3OC)c2)C1. The van der Waals surface area contributed by atoms with Gasteiger partial charge in [0.1, 0.15) is 11.4 Å². The minimum Gasteiger partial charge on any atom is -0.494 e. The summed E-state index contributed by atoms with van der Waals surface area (Å²) >= 11 is 0. The van der Waals surface area contributed by atoms with Crippen LogP contribution in [0.5, 0.6) is 5.75 Å². The van der Waals surface area contributed by atoms with Crippen molar-refractivity contribution in [2.45, 2.75) is 25.3 Å². The van der Waals surface area contributed by atoms with Crippen molar-refractivity contribution in [2.24, 2.45) is 0 Å². The summed E-state index contributed by atoms with van der Waals surface area (Å²) in [5.41, 5.74) is 1.21. The number of aromatic nitrogens is 2. The Hall–Kier alpha value is -3.03. The van der Waals surface area contributed by atoms with Gasteiger partial charge in [-0.05, 0) is 31.4 Å². The van der Waals surface area contributed by atoms with Crippen LogP contribution in [0.25, 0.3) is 5.69 Å². The Morgan fingerprint density at radius 1 is 1.22 bits per heavy atom. The number of carbonyl (C=O) groups is 2. The quantitative estimate of drug-likeness (QED) is 0.890. The van der Waals surface area contributed by atoms with Crippen LogP contribution >= 0.6 is 0 Å². The number of hydrogen-bond acceptors (Lipinski definition) is 5. The largest absolute Gasteiger partial charge is 0.494 e. The highest BCUT2D eigenvalue weighted by Gasteiger charge is 2.24. The van der Waals surface area contributed by atoms with Crippen molar-refractivity contribution < 1.29 is 19.1 Å². The standard InChI is InChI=1S/C19H24N4O4/c1-26-17-9-4-3-8-16(17)23-12-14(11-20-23)18(24)21-15-7-5-6-10-22(13-15)19(25)27-2/h3-4,8-9,11-12,15H,5-7,10,13H2,1-2H3,(H,21,24). The molecule has 27 heavy (non-hydrogen) atoms. The lowest BCUT2D eigenvalue weighted by Crippen LogP contribution is -2.44. The predicted octanol–water partition coefficient (Wildman–Crippen LogP) is 2.23. The second-order valence-corrected chi connectivity index (χ2v) is 6.43. The average Bonchev–Trinajstić information content (AvgIpc) is 3.08. The Balaban J connectivity index is 1.69. The van der Waals surface area contributed by atoms with Crippen LogP contribution in [-0.4, -0.2) is 60.0 Å². The van der Waals surface area contributed by atoms with Gasteiger partial charge >= 0.3 is 6.09 Å². The van der Waals surface area contributed by atoms with Gasteiger partial charge in [0, 0.05) is 25.3 Å². The van der Waals surface area contributed by atoms with Gasteiger partial charge in [0.15, 0.2) is 0 Å². The van der Waals surface area contributed by atoms with Crippen LogP contribution in [-0.2, 0) is 4.74 Å². The van der Waals surface area contributed by atoms with E-state index in [-0.39, 0.29) is 18.0 Å². The first-order chi connectivity index (χ1) is 13.1. The molecule has 1 saturated heterocycles. The molecule has 2 heterocycles. The van der Waals surface area contributed by atoms with Gasteiger partial charge in [0.05, 0.1) is 26.0 Å². The van der Waals surface area contributed by atoms with E-state index in [1.165, 1.54) is 13.3 Å². The molecule has 1 fully saturated rings. The molecule has 2 amide bonds. The number of rotatable bonds is 4. The Morgan fingerprint density at radius 3 is 2.81 bits per heavy atom. The Kier molecular flexibility index (Phi) is 5.95. The van der Waals surface area contributed by atoms with Crippen molar-refractivity contribution in [1.82, 2.24) is 20.0 Å². The van der Waals surface area contributed by atoms with Crippen molar-refractivity contribution in [3.05, 3.63) is 42.2 Å². The summed E-state index contributed by atoms with van der Waals surface area (Å²) in [6.45, 7) is 1.09. The van der Waals surface area contributed by atoms with Crippen molar-refractivity contribution in [1.29, 1.82) is 0 Å². The van der Waals surface area contributed by atoms with Crippen LogP contribution in [0.1, 0.15) is 29.6 Å². The maximum absolute atomic E-state index is 12.6. The molecule has 0 saturated carbocycles. The molecule has 8 nitrogen and oxygen atoms in total. The van der Waals surface area contributed by atoms with Gasteiger partial charge in [-0.3, -0.25) is 4.79 Å². The summed E-state index contributed by atoms with van der Waals surface area (Å²) in [6.07, 6.45) is 5.49. The lowest BCUT2D eigenvalue weighted by Gasteiger charge is -2.23. The second-order valence-electron chi connectivity index (χ2n) is 6.43. The smallest absolute Gasteiger partial charge is 0.409 e. The fourth-order valence-corrected chi connectivity index (χ4v) is 3.21. The fraction of sp³-hybridized carbons (Fsp3) is 0.421. The highest BCUT2D eigenvalue weighted by atomic mass is 16.5. The molecule has 0 aliphatic carbocycles. The molecular weight excluding hydrogens is 348 g/mol. The number of methoxy groups -OCH3 is 2. The van der Waals surface area contributed by atoms with Crippen molar-refractivity contribution in [2.75, 3.05) is 27.3 Å². The third-order valence-corrected chi connectivity index (χ3v) is 4.62. The van der Waals surface area contributed by atoms with E-state index in [4.69, 9.17) is 9.47 Å². The molecule has 1 aliphatic rings. The Morgan fingerprint density at radius 2 is 2.04 bits per heavy atom. The average molecular weight is 372 g/mol. The van der Waals surface area contributed by atoms with Gasteiger partial charge in [0.2, 0.25) is 0 Å². The van der Waals surface area contributed by atoms with Gasteiger partial charge in [0.25, 0.3) is 5.91 Å². The Labute approximate surface area is 158 Å². The zero-order valence-corrected chi connectivity index (χ0v) is 15.6. The van der Waals surface area contributed by atoms with Crippen molar-refractivity contribution in [3.63, 3.8) is 0 Å². The van der Waals surface area contributed by atoms with E-state index < -0.39 is 0 Å². The second kappa shape index (κ2) is 8.57. The van der Waals surface area contributed by atoms with Gasteiger partial charge < -0.3 is 19.7 Å². The highest BCUT2D eigenvalue weighted by Crippen LogP contribution is 2.21.